The minimum atomic E-state index is -0.580. The van der Waals surface area contributed by atoms with Crippen molar-refractivity contribution in [1.82, 2.24) is 0 Å². The van der Waals surface area contributed by atoms with Gasteiger partial charge < -0.3 is 15.7 Å². The van der Waals surface area contributed by atoms with Gasteiger partial charge in [0.15, 0.2) is 0 Å². The van der Waals surface area contributed by atoms with E-state index in [9.17, 15) is 9.50 Å². The zero-order valence-corrected chi connectivity index (χ0v) is 8.15. The van der Waals surface area contributed by atoms with Crippen molar-refractivity contribution in [2.75, 3.05) is 25.0 Å². The molecule has 0 aromatic heterocycles. The van der Waals surface area contributed by atoms with Crippen molar-refractivity contribution in [2.45, 2.75) is 6.10 Å². The van der Waals surface area contributed by atoms with Gasteiger partial charge in [-0.3, -0.25) is 0 Å². The Morgan fingerprint density at radius 3 is 2.86 bits per heavy atom. The molecule has 1 aromatic carbocycles. The van der Waals surface area contributed by atoms with Gasteiger partial charge in [-0.25, -0.2) is 4.39 Å². The van der Waals surface area contributed by atoms with Crippen LogP contribution in [-0.4, -0.2) is 31.3 Å². The van der Waals surface area contributed by atoms with Crippen molar-refractivity contribution in [3.63, 3.8) is 0 Å². The third-order valence-corrected chi connectivity index (χ3v) is 2.01. The first-order chi connectivity index (χ1) is 6.63. The fraction of sp³-hybridized carbons (Fsp3) is 0.400. The number of hydrogen-bond donors (Lipinski definition) is 2. The van der Waals surface area contributed by atoms with Crippen LogP contribution in [0.15, 0.2) is 24.3 Å². The molecule has 0 fully saturated rings. The first kappa shape index (κ1) is 10.9. The maximum atomic E-state index is 12.8. The summed E-state index contributed by atoms with van der Waals surface area (Å²) in [5, 5.41) is 9.30. The Hall–Kier alpha value is -1.13. The van der Waals surface area contributed by atoms with E-state index >= 15 is 0 Å². The van der Waals surface area contributed by atoms with E-state index in [4.69, 9.17) is 5.73 Å². The number of halogens is 1. The molecule has 1 rings (SSSR count). The predicted molar refractivity (Wildman–Crippen MR) is 54.7 cm³/mol. The van der Waals surface area contributed by atoms with Crippen molar-refractivity contribution in [3.8, 4) is 0 Å². The Bertz CT molecular complexity index is 293. The number of nitrogens with zero attached hydrogens (tertiary/aromatic N) is 1. The maximum absolute atomic E-state index is 12.8. The Labute approximate surface area is 83.0 Å². The molecule has 1 aromatic rings. The molecule has 1 unspecified atom stereocenters. The largest absolute Gasteiger partial charge is 0.390 e. The fourth-order valence-corrected chi connectivity index (χ4v) is 1.21. The Kier molecular flexibility index (Phi) is 3.85. The molecule has 0 bridgehead atoms. The smallest absolute Gasteiger partial charge is 0.125 e. The predicted octanol–water partition coefficient (Wildman–Crippen LogP) is 0.581. The van der Waals surface area contributed by atoms with E-state index in [1.807, 2.05) is 0 Å². The lowest BCUT2D eigenvalue weighted by molar-refractivity contribution is 0.189. The molecule has 1 atom stereocenters. The zero-order chi connectivity index (χ0) is 10.6. The average Bonchev–Trinajstić information content (AvgIpc) is 2.17. The van der Waals surface area contributed by atoms with Gasteiger partial charge in [0, 0.05) is 25.8 Å². The lowest BCUT2D eigenvalue weighted by Gasteiger charge is -2.21. The Morgan fingerprint density at radius 1 is 1.57 bits per heavy atom. The highest BCUT2D eigenvalue weighted by Crippen LogP contribution is 2.13. The van der Waals surface area contributed by atoms with Gasteiger partial charge in [-0.05, 0) is 18.2 Å². The second-order valence-corrected chi connectivity index (χ2v) is 3.25. The van der Waals surface area contributed by atoms with Gasteiger partial charge in [-0.15, -0.1) is 0 Å². The summed E-state index contributed by atoms with van der Waals surface area (Å²) < 4.78 is 12.8. The number of likely N-dealkylation sites (N-methyl/N-ethyl adjacent to an activating group) is 1. The lowest BCUT2D eigenvalue weighted by atomic mass is 10.2. The van der Waals surface area contributed by atoms with Crippen molar-refractivity contribution < 1.29 is 9.50 Å². The summed E-state index contributed by atoms with van der Waals surface area (Å²) in [4.78, 5) is 1.76. The second kappa shape index (κ2) is 4.93. The van der Waals surface area contributed by atoms with Crippen LogP contribution in [0.2, 0.25) is 0 Å². The number of benzene rings is 1. The fourth-order valence-electron chi connectivity index (χ4n) is 1.21. The van der Waals surface area contributed by atoms with E-state index in [-0.39, 0.29) is 12.4 Å². The van der Waals surface area contributed by atoms with Gasteiger partial charge in [0.1, 0.15) is 5.82 Å². The number of nitrogens with two attached hydrogens (primary N) is 1. The molecule has 0 aliphatic heterocycles. The van der Waals surface area contributed by atoms with Crippen molar-refractivity contribution in [3.05, 3.63) is 30.1 Å². The highest BCUT2D eigenvalue weighted by atomic mass is 19.1. The molecular weight excluding hydrogens is 183 g/mol. The highest BCUT2D eigenvalue weighted by Gasteiger charge is 2.07. The summed E-state index contributed by atoms with van der Waals surface area (Å²) >= 11 is 0. The lowest BCUT2D eigenvalue weighted by Crippen LogP contribution is -2.34. The van der Waals surface area contributed by atoms with Gasteiger partial charge in [0.05, 0.1) is 6.10 Å². The third-order valence-electron chi connectivity index (χ3n) is 2.01. The zero-order valence-electron chi connectivity index (χ0n) is 8.15. The normalized spacial score (nSPS) is 12.6. The maximum Gasteiger partial charge on any atom is 0.125 e. The van der Waals surface area contributed by atoms with Gasteiger partial charge >= 0.3 is 0 Å². The molecule has 0 heterocycles. The molecule has 0 amide bonds. The number of hydrogen-bond acceptors (Lipinski definition) is 3. The summed E-state index contributed by atoms with van der Waals surface area (Å²) in [7, 11) is 1.79. The van der Waals surface area contributed by atoms with Crippen LogP contribution in [0.4, 0.5) is 10.1 Å². The molecule has 4 heteroatoms. The van der Waals surface area contributed by atoms with Crippen molar-refractivity contribution in [1.29, 1.82) is 0 Å². The first-order valence-electron chi connectivity index (χ1n) is 4.48. The quantitative estimate of drug-likeness (QED) is 0.744. The van der Waals surface area contributed by atoms with Crippen LogP contribution in [0.25, 0.3) is 0 Å². The summed E-state index contributed by atoms with van der Waals surface area (Å²) in [6.07, 6.45) is -0.580. The first-order valence-corrected chi connectivity index (χ1v) is 4.48. The summed E-state index contributed by atoms with van der Waals surface area (Å²) in [6.45, 7) is 0.611. The molecule has 14 heavy (non-hydrogen) atoms. The number of anilines is 1. The van der Waals surface area contributed by atoms with E-state index in [1.54, 1.807) is 24.1 Å². The molecule has 3 N–H and O–H groups in total. The van der Waals surface area contributed by atoms with E-state index in [0.717, 1.165) is 5.69 Å². The van der Waals surface area contributed by atoms with Gasteiger partial charge in [0.25, 0.3) is 0 Å². The van der Waals surface area contributed by atoms with Gasteiger partial charge in [-0.1, -0.05) is 6.07 Å². The Balaban J connectivity index is 2.64. The van der Waals surface area contributed by atoms with E-state index in [2.05, 4.69) is 0 Å². The van der Waals surface area contributed by atoms with Gasteiger partial charge in [0.2, 0.25) is 0 Å². The highest BCUT2D eigenvalue weighted by molar-refractivity contribution is 5.45. The molecular formula is C10H15FN2O. The van der Waals surface area contributed by atoms with E-state index in [0.29, 0.717) is 6.54 Å². The molecule has 0 saturated heterocycles. The summed E-state index contributed by atoms with van der Waals surface area (Å²) in [6, 6.07) is 6.22. The molecule has 78 valence electrons. The van der Waals surface area contributed by atoms with Crippen molar-refractivity contribution in [2.24, 2.45) is 5.73 Å². The minimum Gasteiger partial charge on any atom is -0.390 e. The second-order valence-electron chi connectivity index (χ2n) is 3.25. The summed E-state index contributed by atoms with van der Waals surface area (Å²) in [5.74, 6) is -0.281. The van der Waals surface area contributed by atoms with Crippen LogP contribution < -0.4 is 10.6 Å². The van der Waals surface area contributed by atoms with Crippen LogP contribution in [-0.2, 0) is 0 Å². The van der Waals surface area contributed by atoms with E-state index in [1.165, 1.54) is 12.1 Å². The minimum absolute atomic E-state index is 0.208. The Morgan fingerprint density at radius 2 is 2.29 bits per heavy atom. The number of aliphatic hydroxyl groups excluding tert-OH is 1. The number of rotatable bonds is 4. The SMILES string of the molecule is CN(CC(O)CN)c1cccc(F)c1. The monoisotopic (exact) mass is 198 g/mol. The van der Waals surface area contributed by atoms with Crippen LogP contribution in [0, 0.1) is 5.82 Å². The van der Waals surface area contributed by atoms with Crippen molar-refractivity contribution >= 4 is 5.69 Å². The standard InChI is InChI=1S/C10H15FN2O/c1-13(7-10(14)6-12)9-4-2-3-8(11)5-9/h2-5,10,14H,6-7,12H2,1H3. The van der Waals surface area contributed by atoms with Crippen LogP contribution in [0.1, 0.15) is 0 Å². The van der Waals surface area contributed by atoms with Crippen LogP contribution in [0.3, 0.4) is 0 Å². The van der Waals surface area contributed by atoms with Crippen LogP contribution in [0.5, 0.6) is 0 Å². The molecule has 0 radical (unpaired) electrons. The molecule has 0 saturated carbocycles. The average molecular weight is 198 g/mol. The third kappa shape index (κ3) is 2.97. The topological polar surface area (TPSA) is 49.5 Å². The molecule has 0 spiro atoms. The molecule has 0 aliphatic rings. The van der Waals surface area contributed by atoms with E-state index < -0.39 is 6.10 Å². The molecule has 0 aliphatic carbocycles. The molecule has 3 nitrogen and oxygen atoms in total. The summed E-state index contributed by atoms with van der Waals surface area (Å²) in [5.41, 5.74) is 6.01. The number of aliphatic hydroxyl groups is 1. The van der Waals surface area contributed by atoms with Crippen LogP contribution >= 0.6 is 0 Å². The van der Waals surface area contributed by atoms with Gasteiger partial charge in [-0.2, -0.15) is 0 Å².